The Balaban J connectivity index is 2.16. The second-order valence-electron chi connectivity index (χ2n) is 4.37. The van der Waals surface area contributed by atoms with Crippen LogP contribution in [0.3, 0.4) is 0 Å². The molecule has 2 aromatic rings. The minimum Gasteiger partial charge on any atom is -0.618 e. The smallest absolute Gasteiger partial charge is 0.273 e. The summed E-state index contributed by atoms with van der Waals surface area (Å²) in [6.45, 7) is 0. The number of ketones is 1. The van der Waals surface area contributed by atoms with Gasteiger partial charge in [-0.25, -0.2) is 4.39 Å². The van der Waals surface area contributed by atoms with Crippen molar-refractivity contribution in [1.29, 1.82) is 0 Å². The number of fused-ring (bicyclic) bond motifs is 1. The molecule has 0 fully saturated rings. The zero-order chi connectivity index (χ0) is 14.3. The third kappa shape index (κ3) is 1.75. The molecule has 1 heterocycles. The van der Waals surface area contributed by atoms with Gasteiger partial charge in [-0.2, -0.15) is 4.74 Å². The van der Waals surface area contributed by atoms with Crippen molar-refractivity contribution in [3.63, 3.8) is 0 Å². The first kappa shape index (κ1) is 12.3. The van der Waals surface area contributed by atoms with Crippen LogP contribution in [-0.2, 0) is 0 Å². The van der Waals surface area contributed by atoms with E-state index in [0.717, 1.165) is 0 Å². The molecule has 0 amide bonds. The van der Waals surface area contributed by atoms with E-state index in [9.17, 15) is 14.4 Å². The molecule has 0 atom stereocenters. The summed E-state index contributed by atoms with van der Waals surface area (Å²) in [4.78, 5) is 12.3. The zero-order valence-corrected chi connectivity index (χ0v) is 10.6. The second kappa shape index (κ2) is 4.45. The van der Waals surface area contributed by atoms with Gasteiger partial charge in [0.05, 0.1) is 12.7 Å². The number of rotatable bonds is 2. The van der Waals surface area contributed by atoms with Crippen molar-refractivity contribution in [2.24, 2.45) is 0 Å². The Labute approximate surface area is 114 Å². The van der Waals surface area contributed by atoms with Crippen LogP contribution < -0.4 is 4.74 Å². The fourth-order valence-electron chi connectivity index (χ4n) is 2.23. The van der Waals surface area contributed by atoms with Crippen LogP contribution in [0.1, 0.15) is 15.9 Å². The Bertz CT molecular complexity index is 753. The lowest BCUT2D eigenvalue weighted by Gasteiger charge is -2.02. The fraction of sp³-hybridized carbons (Fsp3) is 0.0667. The van der Waals surface area contributed by atoms with Gasteiger partial charge in [0.15, 0.2) is 0 Å². The minimum atomic E-state index is -0.496. The maximum absolute atomic E-state index is 13.3. The summed E-state index contributed by atoms with van der Waals surface area (Å²) < 4.78 is 18.8. The average Bonchev–Trinajstić information content (AvgIpc) is 2.70. The standard InChI is InChI=1S/C15H10FNO3/c1-20-11-5-6-13-12(8-11)15(18)14(17(13)19)9-3-2-4-10(16)7-9/h2-8H,1H3. The highest BCUT2D eigenvalue weighted by atomic mass is 19.1. The topological polar surface area (TPSA) is 52.4 Å². The number of ether oxygens (including phenoxy) is 1. The van der Waals surface area contributed by atoms with Gasteiger partial charge in [-0.1, -0.05) is 6.07 Å². The van der Waals surface area contributed by atoms with Gasteiger partial charge in [-0.3, -0.25) is 4.79 Å². The minimum absolute atomic E-state index is 0.0762. The molecule has 0 unspecified atom stereocenters. The molecule has 1 aliphatic heterocycles. The molecule has 20 heavy (non-hydrogen) atoms. The first-order valence-electron chi connectivity index (χ1n) is 5.94. The number of nitrogens with zero attached hydrogens (tertiary/aromatic N) is 1. The first-order valence-corrected chi connectivity index (χ1v) is 5.94. The zero-order valence-electron chi connectivity index (χ0n) is 10.6. The predicted molar refractivity (Wildman–Crippen MR) is 71.1 cm³/mol. The van der Waals surface area contributed by atoms with Gasteiger partial charge in [0.2, 0.25) is 5.69 Å². The molecular formula is C15H10FNO3. The Morgan fingerprint density at radius 1 is 1.20 bits per heavy atom. The van der Waals surface area contributed by atoms with Crippen LogP contribution in [0, 0.1) is 11.0 Å². The maximum Gasteiger partial charge on any atom is 0.273 e. The number of Topliss-reactive ketones (excluding diaryl/α,β-unsaturated/α-hetero) is 1. The van der Waals surface area contributed by atoms with E-state index < -0.39 is 11.6 Å². The summed E-state index contributed by atoms with van der Waals surface area (Å²) in [5.74, 6) is -0.435. The summed E-state index contributed by atoms with van der Waals surface area (Å²) >= 11 is 0. The molecule has 3 rings (SSSR count). The predicted octanol–water partition coefficient (Wildman–Crippen LogP) is 2.66. The van der Waals surface area contributed by atoms with Crippen LogP contribution in [0.2, 0.25) is 0 Å². The van der Waals surface area contributed by atoms with Crippen molar-refractivity contribution < 1.29 is 18.7 Å². The largest absolute Gasteiger partial charge is 0.618 e. The average molecular weight is 271 g/mol. The molecule has 0 aliphatic carbocycles. The van der Waals surface area contributed by atoms with Crippen molar-refractivity contribution in [1.82, 2.24) is 0 Å². The Hall–Kier alpha value is -2.69. The highest BCUT2D eigenvalue weighted by Gasteiger charge is 2.37. The summed E-state index contributed by atoms with van der Waals surface area (Å²) in [6, 6.07) is 10.1. The van der Waals surface area contributed by atoms with E-state index in [2.05, 4.69) is 0 Å². The van der Waals surface area contributed by atoms with Crippen molar-refractivity contribution in [3.8, 4) is 5.75 Å². The van der Waals surface area contributed by atoms with Crippen LogP contribution in [0.15, 0.2) is 42.5 Å². The Morgan fingerprint density at radius 3 is 2.70 bits per heavy atom. The Morgan fingerprint density at radius 2 is 2.00 bits per heavy atom. The van der Waals surface area contributed by atoms with Gasteiger partial charge >= 0.3 is 0 Å². The number of hydrogen-bond acceptors (Lipinski definition) is 3. The quantitative estimate of drug-likeness (QED) is 0.623. The van der Waals surface area contributed by atoms with Gasteiger partial charge in [-0.05, 0) is 30.3 Å². The monoisotopic (exact) mass is 271 g/mol. The van der Waals surface area contributed by atoms with E-state index in [1.165, 1.54) is 43.5 Å². The molecular weight excluding hydrogens is 261 g/mol. The summed E-state index contributed by atoms with van der Waals surface area (Å²) in [6.07, 6.45) is 0. The van der Waals surface area contributed by atoms with Crippen molar-refractivity contribution in [3.05, 3.63) is 64.6 Å². The van der Waals surface area contributed by atoms with Crippen molar-refractivity contribution in [2.75, 3.05) is 7.11 Å². The van der Waals surface area contributed by atoms with Crippen LogP contribution in [0.25, 0.3) is 0 Å². The number of carbonyl (C=O) groups excluding carboxylic acids is 1. The van der Waals surface area contributed by atoms with E-state index in [1.807, 2.05) is 0 Å². The lowest BCUT2D eigenvalue weighted by Crippen LogP contribution is -2.16. The molecule has 5 heteroatoms. The normalized spacial score (nSPS) is 13.6. The molecule has 100 valence electrons. The number of carbonyl (C=O) groups is 1. The van der Waals surface area contributed by atoms with E-state index in [0.29, 0.717) is 10.5 Å². The van der Waals surface area contributed by atoms with Crippen LogP contribution >= 0.6 is 0 Å². The van der Waals surface area contributed by atoms with Gasteiger partial charge in [0.1, 0.15) is 17.1 Å². The molecule has 0 saturated heterocycles. The van der Waals surface area contributed by atoms with Crippen molar-refractivity contribution >= 4 is 17.2 Å². The second-order valence-corrected chi connectivity index (χ2v) is 4.37. The maximum atomic E-state index is 13.3. The highest BCUT2D eigenvalue weighted by Crippen LogP contribution is 2.31. The molecule has 0 spiro atoms. The fourth-order valence-corrected chi connectivity index (χ4v) is 2.23. The van der Waals surface area contributed by atoms with E-state index in [1.54, 1.807) is 6.07 Å². The third-order valence-corrected chi connectivity index (χ3v) is 3.18. The summed E-state index contributed by atoms with van der Waals surface area (Å²) in [7, 11) is 1.48. The molecule has 0 radical (unpaired) electrons. The first-order chi connectivity index (χ1) is 9.61. The van der Waals surface area contributed by atoms with Crippen LogP contribution in [-0.4, -0.2) is 23.3 Å². The van der Waals surface area contributed by atoms with Gasteiger partial charge in [0, 0.05) is 6.07 Å². The SMILES string of the molecule is COc1ccc2c(c1)C(=O)C(c1cccc(F)c1)=[N+]2[O-]. The number of hydrogen-bond donors (Lipinski definition) is 0. The lowest BCUT2D eigenvalue weighted by molar-refractivity contribution is -0.355. The molecule has 0 bridgehead atoms. The molecule has 0 aromatic heterocycles. The van der Waals surface area contributed by atoms with Gasteiger partial charge in [-0.15, -0.1) is 0 Å². The molecule has 0 N–H and O–H groups in total. The summed E-state index contributed by atoms with van der Waals surface area (Å²) in [5.41, 5.74) is 0.696. The van der Waals surface area contributed by atoms with Gasteiger partial charge < -0.3 is 9.94 Å². The number of methoxy groups -OCH3 is 1. The Kier molecular flexibility index (Phi) is 2.75. The number of benzene rings is 2. The summed E-state index contributed by atoms with van der Waals surface area (Å²) in [5, 5.41) is 12.2. The highest BCUT2D eigenvalue weighted by molar-refractivity contribution is 6.52. The van der Waals surface area contributed by atoms with E-state index in [-0.39, 0.29) is 22.5 Å². The molecule has 4 nitrogen and oxygen atoms in total. The van der Waals surface area contributed by atoms with E-state index >= 15 is 0 Å². The number of halogens is 1. The van der Waals surface area contributed by atoms with Gasteiger partial charge in [0.25, 0.3) is 11.5 Å². The van der Waals surface area contributed by atoms with Crippen molar-refractivity contribution in [2.45, 2.75) is 0 Å². The third-order valence-electron chi connectivity index (χ3n) is 3.18. The molecule has 0 saturated carbocycles. The van der Waals surface area contributed by atoms with Crippen LogP contribution in [0.5, 0.6) is 5.75 Å². The molecule has 2 aromatic carbocycles. The van der Waals surface area contributed by atoms with Crippen LogP contribution in [0.4, 0.5) is 10.1 Å². The lowest BCUT2D eigenvalue weighted by atomic mass is 10.0. The molecule has 1 aliphatic rings. The van der Waals surface area contributed by atoms with E-state index in [4.69, 9.17) is 4.74 Å².